The van der Waals surface area contributed by atoms with Crippen LogP contribution in [0.5, 0.6) is 5.75 Å². The monoisotopic (exact) mass is 443 g/mol. The quantitative estimate of drug-likeness (QED) is 0.785. The number of fused-ring (bicyclic) bond motifs is 1. The predicted octanol–water partition coefficient (Wildman–Crippen LogP) is 2.43. The number of hydrogen-bond acceptors (Lipinski definition) is 5. The Kier molecular flexibility index (Phi) is 5.94. The molecule has 1 saturated heterocycles. The van der Waals surface area contributed by atoms with Gasteiger partial charge < -0.3 is 15.0 Å². The summed E-state index contributed by atoms with van der Waals surface area (Å²) < 4.78 is 34.2. The zero-order chi connectivity index (χ0) is 22.2. The number of para-hydroxylation sites is 1. The molecule has 31 heavy (non-hydrogen) atoms. The fourth-order valence-corrected chi connectivity index (χ4v) is 6.28. The minimum atomic E-state index is -3.84. The first-order valence-electron chi connectivity index (χ1n) is 10.6. The average Bonchev–Trinajstić information content (AvgIpc) is 2.95. The number of carbonyl (C=O) groups is 1. The number of carbonyl (C=O) groups excluding carboxylic acids is 1. The SMILES string of the molecule is COc1ccc(S(=O)(=O)N2CC(C(=O)N3CCCNCC3)c3ccccc32)c(C)c1C. The van der Waals surface area contributed by atoms with Gasteiger partial charge in [-0.15, -0.1) is 0 Å². The van der Waals surface area contributed by atoms with Crippen LogP contribution in [0.1, 0.15) is 29.0 Å². The van der Waals surface area contributed by atoms with Gasteiger partial charge in [-0.05, 0) is 61.7 Å². The Balaban J connectivity index is 1.72. The largest absolute Gasteiger partial charge is 0.496 e. The van der Waals surface area contributed by atoms with Gasteiger partial charge in [0.15, 0.2) is 0 Å². The number of anilines is 1. The third kappa shape index (κ3) is 3.78. The lowest BCUT2D eigenvalue weighted by molar-refractivity contribution is -0.132. The van der Waals surface area contributed by atoms with E-state index < -0.39 is 15.9 Å². The average molecular weight is 444 g/mol. The van der Waals surface area contributed by atoms with Gasteiger partial charge in [0.25, 0.3) is 10.0 Å². The van der Waals surface area contributed by atoms with Crippen molar-refractivity contribution in [3.63, 3.8) is 0 Å². The number of nitrogens with one attached hydrogen (secondary N) is 1. The lowest BCUT2D eigenvalue weighted by Crippen LogP contribution is -2.40. The van der Waals surface area contributed by atoms with Crippen LogP contribution in [-0.2, 0) is 14.8 Å². The molecule has 2 aliphatic heterocycles. The minimum Gasteiger partial charge on any atom is -0.496 e. The van der Waals surface area contributed by atoms with Gasteiger partial charge in [0.05, 0.1) is 30.2 Å². The molecule has 2 heterocycles. The molecule has 166 valence electrons. The van der Waals surface area contributed by atoms with Crippen molar-refractivity contribution in [3.05, 3.63) is 53.1 Å². The van der Waals surface area contributed by atoms with E-state index in [1.54, 1.807) is 32.2 Å². The summed E-state index contributed by atoms with van der Waals surface area (Å²) in [6.45, 7) is 6.74. The highest BCUT2D eigenvalue weighted by Crippen LogP contribution is 2.41. The molecule has 0 saturated carbocycles. The molecule has 2 aromatic carbocycles. The number of hydrogen-bond donors (Lipinski definition) is 1. The van der Waals surface area contributed by atoms with Crippen molar-refractivity contribution in [2.45, 2.75) is 31.1 Å². The maximum atomic E-state index is 13.7. The van der Waals surface area contributed by atoms with Crippen LogP contribution >= 0.6 is 0 Å². The Morgan fingerprint density at radius 1 is 1.06 bits per heavy atom. The van der Waals surface area contributed by atoms with E-state index in [0.29, 0.717) is 30.1 Å². The normalized spacial score (nSPS) is 19.1. The topological polar surface area (TPSA) is 79.0 Å². The van der Waals surface area contributed by atoms with Gasteiger partial charge in [0.1, 0.15) is 5.75 Å². The second-order valence-corrected chi connectivity index (χ2v) is 9.92. The number of methoxy groups -OCH3 is 1. The fraction of sp³-hybridized carbons (Fsp3) is 0.435. The third-order valence-corrected chi connectivity index (χ3v) is 8.28. The Labute approximate surface area is 184 Å². The molecule has 1 N–H and O–H groups in total. The van der Waals surface area contributed by atoms with E-state index in [0.717, 1.165) is 30.6 Å². The van der Waals surface area contributed by atoms with Gasteiger partial charge in [-0.3, -0.25) is 9.10 Å². The molecule has 2 aliphatic rings. The maximum Gasteiger partial charge on any atom is 0.264 e. The fourth-order valence-electron chi connectivity index (χ4n) is 4.49. The summed E-state index contributed by atoms with van der Waals surface area (Å²) in [5.74, 6) is 0.154. The molecule has 1 fully saturated rings. The molecule has 0 aromatic heterocycles. The molecule has 1 amide bonds. The summed E-state index contributed by atoms with van der Waals surface area (Å²) in [6, 6.07) is 10.6. The van der Waals surface area contributed by atoms with E-state index in [2.05, 4.69) is 5.32 Å². The zero-order valence-corrected chi connectivity index (χ0v) is 19.0. The standard InChI is InChI=1S/C23H29N3O4S/c1-16-17(2)22(10-9-21(16)30-3)31(28,29)26-15-19(18-7-4-5-8-20(18)26)23(27)25-13-6-11-24-12-14-25/h4-5,7-10,19,24H,6,11-15H2,1-3H3. The van der Waals surface area contributed by atoms with Gasteiger partial charge in [-0.1, -0.05) is 18.2 Å². The number of amides is 1. The summed E-state index contributed by atoms with van der Waals surface area (Å²) >= 11 is 0. The molecule has 0 radical (unpaired) electrons. The van der Waals surface area contributed by atoms with Crippen molar-refractivity contribution in [2.24, 2.45) is 0 Å². The van der Waals surface area contributed by atoms with E-state index in [1.165, 1.54) is 4.31 Å². The predicted molar refractivity (Wildman–Crippen MR) is 120 cm³/mol. The first-order valence-corrected chi connectivity index (χ1v) is 12.1. The van der Waals surface area contributed by atoms with Crippen molar-refractivity contribution in [2.75, 3.05) is 44.1 Å². The zero-order valence-electron chi connectivity index (χ0n) is 18.2. The Bertz CT molecular complexity index is 1090. The van der Waals surface area contributed by atoms with Crippen LogP contribution in [0.3, 0.4) is 0 Å². The second-order valence-electron chi connectivity index (χ2n) is 8.09. The van der Waals surface area contributed by atoms with Crippen molar-refractivity contribution < 1.29 is 17.9 Å². The van der Waals surface area contributed by atoms with E-state index in [4.69, 9.17) is 4.74 Å². The molecule has 7 nitrogen and oxygen atoms in total. The van der Waals surface area contributed by atoms with E-state index >= 15 is 0 Å². The van der Waals surface area contributed by atoms with Crippen molar-refractivity contribution in [1.82, 2.24) is 10.2 Å². The molecule has 0 spiro atoms. The number of benzene rings is 2. The van der Waals surface area contributed by atoms with Crippen molar-refractivity contribution >= 4 is 21.6 Å². The van der Waals surface area contributed by atoms with Crippen LogP contribution in [-0.4, -0.2) is 59.1 Å². The van der Waals surface area contributed by atoms with Crippen molar-refractivity contribution in [1.29, 1.82) is 0 Å². The number of rotatable bonds is 4. The highest BCUT2D eigenvalue weighted by atomic mass is 32.2. The Morgan fingerprint density at radius 3 is 2.61 bits per heavy atom. The third-order valence-electron chi connectivity index (χ3n) is 6.35. The summed E-state index contributed by atoms with van der Waals surface area (Å²) in [5, 5.41) is 3.31. The maximum absolute atomic E-state index is 13.7. The molecule has 0 aliphatic carbocycles. The number of ether oxygens (including phenoxy) is 1. The summed E-state index contributed by atoms with van der Waals surface area (Å²) in [7, 11) is -2.27. The van der Waals surface area contributed by atoms with Gasteiger partial charge in [0.2, 0.25) is 5.91 Å². The van der Waals surface area contributed by atoms with Crippen LogP contribution in [0.4, 0.5) is 5.69 Å². The van der Waals surface area contributed by atoms with Crippen LogP contribution in [0, 0.1) is 13.8 Å². The molecule has 2 aromatic rings. The molecular formula is C23H29N3O4S. The lowest BCUT2D eigenvalue weighted by atomic mass is 10.00. The van der Waals surface area contributed by atoms with Crippen LogP contribution < -0.4 is 14.4 Å². The first kappa shape index (κ1) is 21.6. The first-order chi connectivity index (χ1) is 14.9. The van der Waals surface area contributed by atoms with Gasteiger partial charge in [-0.2, -0.15) is 0 Å². The highest BCUT2D eigenvalue weighted by Gasteiger charge is 2.41. The molecule has 0 bridgehead atoms. The molecular weight excluding hydrogens is 414 g/mol. The number of sulfonamides is 1. The smallest absolute Gasteiger partial charge is 0.264 e. The van der Waals surface area contributed by atoms with Gasteiger partial charge in [-0.25, -0.2) is 8.42 Å². The summed E-state index contributed by atoms with van der Waals surface area (Å²) in [6.07, 6.45) is 0.895. The van der Waals surface area contributed by atoms with Gasteiger partial charge in [0, 0.05) is 19.6 Å². The molecule has 1 unspecified atom stereocenters. The van der Waals surface area contributed by atoms with Crippen LogP contribution in [0.25, 0.3) is 0 Å². The summed E-state index contributed by atoms with van der Waals surface area (Å²) in [4.78, 5) is 15.5. The van der Waals surface area contributed by atoms with Gasteiger partial charge >= 0.3 is 0 Å². The number of nitrogens with zero attached hydrogens (tertiary/aromatic N) is 2. The Hall–Kier alpha value is -2.58. The summed E-state index contributed by atoms with van der Waals surface area (Å²) in [5.41, 5.74) is 2.81. The lowest BCUT2D eigenvalue weighted by Gasteiger charge is -2.25. The van der Waals surface area contributed by atoms with E-state index in [-0.39, 0.29) is 17.3 Å². The molecule has 4 rings (SSSR count). The Morgan fingerprint density at radius 2 is 1.84 bits per heavy atom. The molecule has 8 heteroatoms. The highest BCUT2D eigenvalue weighted by molar-refractivity contribution is 7.93. The van der Waals surface area contributed by atoms with Crippen LogP contribution in [0.2, 0.25) is 0 Å². The molecule has 1 atom stereocenters. The van der Waals surface area contributed by atoms with E-state index in [9.17, 15) is 13.2 Å². The minimum absolute atomic E-state index is 0.00326. The van der Waals surface area contributed by atoms with Crippen LogP contribution in [0.15, 0.2) is 41.3 Å². The van der Waals surface area contributed by atoms with Crippen molar-refractivity contribution in [3.8, 4) is 5.75 Å². The van der Waals surface area contributed by atoms with E-state index in [1.807, 2.05) is 30.0 Å². The second kappa shape index (κ2) is 8.51.